The van der Waals surface area contributed by atoms with Crippen molar-refractivity contribution in [3.05, 3.63) is 29.8 Å². The molecular formula is C10H15NOS. The zero-order chi connectivity index (χ0) is 9.84. The lowest BCUT2D eigenvalue weighted by atomic mass is 10.2. The molecule has 0 aliphatic rings. The van der Waals surface area contributed by atoms with Crippen LogP contribution in [0.4, 0.5) is 0 Å². The molecule has 2 atom stereocenters. The van der Waals surface area contributed by atoms with E-state index < -0.39 is 10.8 Å². The predicted molar refractivity (Wildman–Crippen MR) is 56.1 cm³/mol. The van der Waals surface area contributed by atoms with Gasteiger partial charge < -0.3 is 5.73 Å². The highest BCUT2D eigenvalue weighted by atomic mass is 32.2. The second-order valence-electron chi connectivity index (χ2n) is 3.31. The van der Waals surface area contributed by atoms with Crippen molar-refractivity contribution in [1.82, 2.24) is 0 Å². The van der Waals surface area contributed by atoms with Crippen molar-refractivity contribution in [2.75, 3.05) is 5.75 Å². The summed E-state index contributed by atoms with van der Waals surface area (Å²) >= 11 is 0. The van der Waals surface area contributed by atoms with Gasteiger partial charge in [-0.1, -0.05) is 12.1 Å². The third-order valence-corrected chi connectivity index (χ3v) is 3.27. The van der Waals surface area contributed by atoms with E-state index in [1.165, 1.54) is 0 Å². The first kappa shape index (κ1) is 10.4. The van der Waals surface area contributed by atoms with Crippen LogP contribution < -0.4 is 5.73 Å². The molecule has 0 saturated heterocycles. The number of nitrogens with two attached hydrogens (primary N) is 1. The van der Waals surface area contributed by atoms with E-state index in [0.717, 1.165) is 10.5 Å². The van der Waals surface area contributed by atoms with E-state index in [1.807, 2.05) is 38.1 Å². The minimum absolute atomic E-state index is 0.0126. The number of rotatable bonds is 3. The highest BCUT2D eigenvalue weighted by molar-refractivity contribution is 7.85. The van der Waals surface area contributed by atoms with Gasteiger partial charge in [-0.15, -0.1) is 0 Å². The van der Waals surface area contributed by atoms with Crippen LogP contribution >= 0.6 is 0 Å². The van der Waals surface area contributed by atoms with Gasteiger partial charge >= 0.3 is 0 Å². The Kier molecular flexibility index (Phi) is 3.63. The number of aryl methyl sites for hydroxylation is 1. The minimum atomic E-state index is -0.949. The molecule has 0 saturated carbocycles. The van der Waals surface area contributed by atoms with E-state index in [0.29, 0.717) is 5.75 Å². The molecule has 0 spiro atoms. The molecule has 0 radical (unpaired) electrons. The zero-order valence-corrected chi connectivity index (χ0v) is 8.80. The molecule has 3 heteroatoms. The first-order valence-electron chi connectivity index (χ1n) is 4.30. The van der Waals surface area contributed by atoms with Gasteiger partial charge in [0, 0.05) is 16.7 Å². The van der Waals surface area contributed by atoms with E-state index in [2.05, 4.69) is 0 Å². The highest BCUT2D eigenvalue weighted by Gasteiger charge is 2.05. The van der Waals surface area contributed by atoms with E-state index in [-0.39, 0.29) is 6.04 Å². The average Bonchev–Trinajstić information content (AvgIpc) is 2.03. The van der Waals surface area contributed by atoms with Crippen LogP contribution in [0.15, 0.2) is 29.2 Å². The van der Waals surface area contributed by atoms with Crippen molar-refractivity contribution in [3.8, 4) is 0 Å². The van der Waals surface area contributed by atoms with Crippen molar-refractivity contribution < 1.29 is 4.21 Å². The standard InChI is InChI=1S/C10H15NOS/c1-8-4-3-5-10(6-8)13(12)7-9(2)11/h3-6,9H,7,11H2,1-2H3. The van der Waals surface area contributed by atoms with Gasteiger partial charge in [0.25, 0.3) is 0 Å². The Labute approximate surface area is 81.6 Å². The number of benzene rings is 1. The van der Waals surface area contributed by atoms with Crippen molar-refractivity contribution >= 4 is 10.8 Å². The fourth-order valence-corrected chi connectivity index (χ4v) is 2.31. The average molecular weight is 197 g/mol. The third kappa shape index (κ3) is 3.28. The highest BCUT2D eigenvalue weighted by Crippen LogP contribution is 2.09. The number of hydrogen-bond acceptors (Lipinski definition) is 2. The Morgan fingerprint density at radius 2 is 2.23 bits per heavy atom. The largest absolute Gasteiger partial charge is 0.327 e. The van der Waals surface area contributed by atoms with Crippen LogP contribution in [-0.2, 0) is 10.8 Å². The molecule has 1 aromatic rings. The fourth-order valence-electron chi connectivity index (χ4n) is 1.09. The third-order valence-electron chi connectivity index (χ3n) is 1.67. The molecule has 2 N–H and O–H groups in total. The lowest BCUT2D eigenvalue weighted by Crippen LogP contribution is -2.22. The summed E-state index contributed by atoms with van der Waals surface area (Å²) in [5.74, 6) is 0.531. The molecule has 72 valence electrons. The molecule has 2 nitrogen and oxygen atoms in total. The van der Waals surface area contributed by atoms with Gasteiger partial charge in [0.15, 0.2) is 0 Å². The summed E-state index contributed by atoms with van der Waals surface area (Å²) in [6, 6.07) is 7.72. The van der Waals surface area contributed by atoms with Crippen molar-refractivity contribution in [3.63, 3.8) is 0 Å². The molecule has 1 rings (SSSR count). The summed E-state index contributed by atoms with van der Waals surface area (Å²) in [6.07, 6.45) is 0. The maximum absolute atomic E-state index is 11.6. The van der Waals surface area contributed by atoms with Crippen LogP contribution in [0.25, 0.3) is 0 Å². The Bertz CT molecular complexity index is 310. The maximum Gasteiger partial charge on any atom is 0.0545 e. The molecule has 0 bridgehead atoms. The van der Waals surface area contributed by atoms with Crippen molar-refractivity contribution in [2.24, 2.45) is 5.73 Å². The zero-order valence-electron chi connectivity index (χ0n) is 7.99. The summed E-state index contributed by atoms with van der Waals surface area (Å²) in [4.78, 5) is 0.873. The van der Waals surface area contributed by atoms with Gasteiger partial charge in [-0.25, -0.2) is 0 Å². The molecule has 0 heterocycles. The second kappa shape index (κ2) is 4.53. The first-order chi connectivity index (χ1) is 6.09. The molecule has 0 aromatic heterocycles. The van der Waals surface area contributed by atoms with Gasteiger partial charge in [0.2, 0.25) is 0 Å². The van der Waals surface area contributed by atoms with Gasteiger partial charge in [-0.2, -0.15) is 0 Å². The molecular weight excluding hydrogens is 182 g/mol. The van der Waals surface area contributed by atoms with Crippen LogP contribution in [0, 0.1) is 6.92 Å². The Morgan fingerprint density at radius 3 is 2.77 bits per heavy atom. The van der Waals surface area contributed by atoms with Crippen LogP contribution in [-0.4, -0.2) is 16.0 Å². The lowest BCUT2D eigenvalue weighted by molar-refractivity contribution is 0.676. The quantitative estimate of drug-likeness (QED) is 0.797. The summed E-state index contributed by atoms with van der Waals surface area (Å²) in [6.45, 7) is 3.86. The first-order valence-corrected chi connectivity index (χ1v) is 5.62. The molecule has 2 unspecified atom stereocenters. The van der Waals surface area contributed by atoms with E-state index in [1.54, 1.807) is 0 Å². The summed E-state index contributed by atoms with van der Waals surface area (Å²) < 4.78 is 11.6. The molecule has 0 fully saturated rings. The van der Waals surface area contributed by atoms with E-state index >= 15 is 0 Å². The van der Waals surface area contributed by atoms with Gasteiger partial charge in [-0.05, 0) is 31.5 Å². The molecule has 0 amide bonds. The predicted octanol–water partition coefficient (Wildman–Crippen LogP) is 1.45. The van der Waals surface area contributed by atoms with Crippen molar-refractivity contribution in [1.29, 1.82) is 0 Å². The van der Waals surface area contributed by atoms with Gasteiger partial charge in [-0.3, -0.25) is 4.21 Å². The lowest BCUT2D eigenvalue weighted by Gasteiger charge is -2.05. The van der Waals surface area contributed by atoms with E-state index in [4.69, 9.17) is 5.73 Å². The molecule has 13 heavy (non-hydrogen) atoms. The number of hydrogen-bond donors (Lipinski definition) is 1. The monoisotopic (exact) mass is 197 g/mol. The Morgan fingerprint density at radius 1 is 1.54 bits per heavy atom. The van der Waals surface area contributed by atoms with Gasteiger partial charge in [0.1, 0.15) is 0 Å². The molecule has 0 aliphatic carbocycles. The smallest absolute Gasteiger partial charge is 0.0545 e. The second-order valence-corrected chi connectivity index (χ2v) is 4.80. The topological polar surface area (TPSA) is 43.1 Å². The van der Waals surface area contributed by atoms with Crippen LogP contribution in [0.1, 0.15) is 12.5 Å². The SMILES string of the molecule is Cc1cccc(S(=O)CC(C)N)c1. The normalized spacial score (nSPS) is 15.3. The summed E-state index contributed by atoms with van der Waals surface area (Å²) in [7, 11) is -0.949. The van der Waals surface area contributed by atoms with E-state index in [9.17, 15) is 4.21 Å². The van der Waals surface area contributed by atoms with Gasteiger partial charge in [0.05, 0.1) is 10.8 Å². The van der Waals surface area contributed by atoms with Crippen molar-refractivity contribution in [2.45, 2.75) is 24.8 Å². The summed E-state index contributed by atoms with van der Waals surface area (Å²) in [5.41, 5.74) is 6.71. The van der Waals surface area contributed by atoms with Crippen LogP contribution in [0.2, 0.25) is 0 Å². The minimum Gasteiger partial charge on any atom is -0.327 e. The maximum atomic E-state index is 11.6. The fraction of sp³-hybridized carbons (Fsp3) is 0.400. The van der Waals surface area contributed by atoms with Crippen LogP contribution in [0.3, 0.4) is 0 Å². The Hall–Kier alpha value is -0.670. The molecule has 1 aromatic carbocycles. The van der Waals surface area contributed by atoms with Crippen LogP contribution in [0.5, 0.6) is 0 Å². The summed E-state index contributed by atoms with van der Waals surface area (Å²) in [5, 5.41) is 0. The molecule has 0 aliphatic heterocycles. The Balaban J connectivity index is 2.77.